The van der Waals surface area contributed by atoms with Gasteiger partial charge in [0.1, 0.15) is 22.7 Å². The minimum Gasteiger partial charge on any atom is -0.454 e. The second-order valence-electron chi connectivity index (χ2n) is 6.97. The van der Waals surface area contributed by atoms with Crippen molar-refractivity contribution in [1.29, 1.82) is 0 Å². The Balaban J connectivity index is 2.20. The summed E-state index contributed by atoms with van der Waals surface area (Å²) in [6, 6.07) is 6.40. The van der Waals surface area contributed by atoms with E-state index in [-0.39, 0.29) is 19.4 Å². The number of anilines is 1. The van der Waals surface area contributed by atoms with E-state index >= 15 is 0 Å². The van der Waals surface area contributed by atoms with E-state index in [1.54, 1.807) is 0 Å². The SMILES string of the molecule is NC[C@]1(F)CCCN(c2c([N+](=O)[O-])ccc(Oc3ccccc3F)c2C(F)(F)F)C1. The fourth-order valence-electron chi connectivity index (χ4n) is 3.48. The van der Waals surface area contributed by atoms with Crippen LogP contribution in [-0.4, -0.2) is 30.2 Å². The van der Waals surface area contributed by atoms with Gasteiger partial charge in [-0.3, -0.25) is 10.1 Å². The summed E-state index contributed by atoms with van der Waals surface area (Å²) < 4.78 is 76.0. The van der Waals surface area contributed by atoms with Crippen LogP contribution in [0.5, 0.6) is 11.5 Å². The van der Waals surface area contributed by atoms with Gasteiger partial charge in [-0.1, -0.05) is 12.1 Å². The molecule has 1 atom stereocenters. The zero-order valence-corrected chi connectivity index (χ0v) is 15.6. The molecule has 1 aliphatic heterocycles. The number of para-hydroxylation sites is 1. The Hall–Kier alpha value is -2.95. The minimum atomic E-state index is -5.10. The number of ether oxygens (including phenoxy) is 1. The summed E-state index contributed by atoms with van der Waals surface area (Å²) in [7, 11) is 0. The normalized spacial score (nSPS) is 19.6. The molecule has 2 aromatic carbocycles. The van der Waals surface area contributed by atoms with E-state index in [0.717, 1.165) is 29.2 Å². The fourth-order valence-corrected chi connectivity index (χ4v) is 3.48. The molecule has 0 spiro atoms. The average molecular weight is 431 g/mol. The standard InChI is InChI=1S/C19H18F5N3O3/c20-12-4-1-2-5-14(12)30-15-7-6-13(27(28)29)17(16(15)19(22,23)24)26-9-3-8-18(21,10-25)11-26/h1-2,4-7H,3,8-11,25H2/t18-/m1/s1. The van der Waals surface area contributed by atoms with Gasteiger partial charge in [0.2, 0.25) is 0 Å². The number of halogens is 5. The van der Waals surface area contributed by atoms with Gasteiger partial charge in [0.15, 0.2) is 11.6 Å². The Kier molecular flexibility index (Phi) is 5.84. The van der Waals surface area contributed by atoms with Gasteiger partial charge in [0.25, 0.3) is 5.69 Å². The Labute approximate surface area is 168 Å². The van der Waals surface area contributed by atoms with Crippen LogP contribution in [-0.2, 0) is 6.18 Å². The lowest BCUT2D eigenvalue weighted by atomic mass is 9.93. The quantitative estimate of drug-likeness (QED) is 0.417. The molecule has 2 aromatic rings. The molecule has 162 valence electrons. The number of nitro benzene ring substituents is 1. The number of piperidine rings is 1. The summed E-state index contributed by atoms with van der Waals surface area (Å²) in [6.07, 6.45) is -4.91. The lowest BCUT2D eigenvalue weighted by Gasteiger charge is -2.38. The van der Waals surface area contributed by atoms with Gasteiger partial charge in [-0.25, -0.2) is 8.78 Å². The summed E-state index contributed by atoms with van der Waals surface area (Å²) in [6.45, 7) is -1.03. The number of hydrogen-bond donors (Lipinski definition) is 1. The van der Waals surface area contributed by atoms with Crippen molar-refractivity contribution in [2.45, 2.75) is 24.7 Å². The molecule has 1 aliphatic rings. The average Bonchev–Trinajstić information content (AvgIpc) is 2.68. The van der Waals surface area contributed by atoms with Crippen LogP contribution in [0.2, 0.25) is 0 Å². The topological polar surface area (TPSA) is 81.6 Å². The van der Waals surface area contributed by atoms with Gasteiger partial charge in [-0.15, -0.1) is 0 Å². The summed E-state index contributed by atoms with van der Waals surface area (Å²) >= 11 is 0. The molecule has 0 aliphatic carbocycles. The zero-order chi connectivity index (χ0) is 22.1. The van der Waals surface area contributed by atoms with Gasteiger partial charge in [0.05, 0.1) is 11.5 Å². The highest BCUT2D eigenvalue weighted by atomic mass is 19.4. The second-order valence-corrected chi connectivity index (χ2v) is 6.97. The lowest BCUT2D eigenvalue weighted by molar-refractivity contribution is -0.384. The zero-order valence-electron chi connectivity index (χ0n) is 15.6. The molecule has 0 radical (unpaired) electrons. The maximum atomic E-state index is 14.8. The van der Waals surface area contributed by atoms with Gasteiger partial charge < -0.3 is 15.4 Å². The van der Waals surface area contributed by atoms with Crippen molar-refractivity contribution in [3.05, 3.63) is 57.9 Å². The molecule has 3 rings (SSSR count). The van der Waals surface area contributed by atoms with Crippen LogP contribution in [0.3, 0.4) is 0 Å². The summed E-state index contributed by atoms with van der Waals surface area (Å²) in [5.74, 6) is -2.21. The van der Waals surface area contributed by atoms with Gasteiger partial charge >= 0.3 is 6.18 Å². The molecule has 0 aromatic heterocycles. The smallest absolute Gasteiger partial charge is 0.422 e. The van der Waals surface area contributed by atoms with Crippen molar-refractivity contribution >= 4 is 11.4 Å². The third-order valence-corrected chi connectivity index (χ3v) is 4.86. The monoisotopic (exact) mass is 431 g/mol. The van der Waals surface area contributed by atoms with Gasteiger partial charge in [-0.05, 0) is 31.0 Å². The van der Waals surface area contributed by atoms with Crippen LogP contribution in [0.15, 0.2) is 36.4 Å². The molecule has 0 saturated carbocycles. The number of rotatable bonds is 5. The van der Waals surface area contributed by atoms with E-state index < -0.39 is 64.1 Å². The Morgan fingerprint density at radius 3 is 2.50 bits per heavy atom. The summed E-state index contributed by atoms with van der Waals surface area (Å²) in [5, 5.41) is 11.5. The van der Waals surface area contributed by atoms with Crippen LogP contribution >= 0.6 is 0 Å². The van der Waals surface area contributed by atoms with Crippen LogP contribution in [0.1, 0.15) is 18.4 Å². The van der Waals surface area contributed by atoms with Gasteiger partial charge in [0, 0.05) is 19.2 Å². The minimum absolute atomic E-state index is 0.0283. The molecule has 1 saturated heterocycles. The van der Waals surface area contributed by atoms with Crippen molar-refractivity contribution in [2.24, 2.45) is 5.73 Å². The van der Waals surface area contributed by atoms with Crippen molar-refractivity contribution in [1.82, 2.24) is 0 Å². The van der Waals surface area contributed by atoms with E-state index in [1.807, 2.05) is 0 Å². The number of nitrogens with two attached hydrogens (primary N) is 1. The largest absolute Gasteiger partial charge is 0.454 e. The van der Waals surface area contributed by atoms with E-state index in [4.69, 9.17) is 10.5 Å². The van der Waals surface area contributed by atoms with E-state index in [9.17, 15) is 32.1 Å². The van der Waals surface area contributed by atoms with Crippen LogP contribution in [0, 0.1) is 15.9 Å². The number of benzene rings is 2. The highest BCUT2D eigenvalue weighted by molar-refractivity contribution is 5.73. The molecule has 2 N–H and O–H groups in total. The number of hydrogen-bond acceptors (Lipinski definition) is 5. The predicted octanol–water partition coefficient (Wildman–Crippen LogP) is 4.81. The van der Waals surface area contributed by atoms with Crippen LogP contribution in [0.25, 0.3) is 0 Å². The lowest BCUT2D eigenvalue weighted by Crippen LogP contribution is -2.50. The van der Waals surface area contributed by atoms with E-state index in [2.05, 4.69) is 0 Å². The van der Waals surface area contributed by atoms with E-state index in [1.165, 1.54) is 12.1 Å². The van der Waals surface area contributed by atoms with E-state index in [0.29, 0.717) is 0 Å². The first-order valence-corrected chi connectivity index (χ1v) is 9.00. The fraction of sp³-hybridized carbons (Fsp3) is 0.368. The summed E-state index contributed by atoms with van der Waals surface area (Å²) in [5.41, 5.74) is 0.285. The first-order valence-electron chi connectivity index (χ1n) is 9.00. The summed E-state index contributed by atoms with van der Waals surface area (Å²) in [4.78, 5) is 11.5. The Bertz CT molecular complexity index is 953. The van der Waals surface area contributed by atoms with Crippen molar-refractivity contribution in [2.75, 3.05) is 24.5 Å². The van der Waals surface area contributed by atoms with Crippen molar-refractivity contribution in [3.8, 4) is 11.5 Å². The Morgan fingerprint density at radius 1 is 1.20 bits per heavy atom. The number of nitro groups is 1. The molecular formula is C19H18F5N3O3. The Morgan fingerprint density at radius 2 is 1.90 bits per heavy atom. The first-order chi connectivity index (χ1) is 14.1. The molecule has 0 unspecified atom stereocenters. The molecule has 1 fully saturated rings. The second kappa shape index (κ2) is 8.05. The van der Waals surface area contributed by atoms with Crippen molar-refractivity contribution in [3.63, 3.8) is 0 Å². The van der Waals surface area contributed by atoms with Crippen LogP contribution < -0.4 is 15.4 Å². The highest BCUT2D eigenvalue weighted by Crippen LogP contribution is 2.49. The third kappa shape index (κ3) is 4.30. The third-order valence-electron chi connectivity index (χ3n) is 4.86. The van der Waals surface area contributed by atoms with Crippen molar-refractivity contribution < 1.29 is 31.6 Å². The molecule has 1 heterocycles. The number of nitrogens with zero attached hydrogens (tertiary/aromatic N) is 2. The molecular weight excluding hydrogens is 413 g/mol. The van der Waals surface area contributed by atoms with Gasteiger partial charge in [-0.2, -0.15) is 13.2 Å². The molecule has 6 nitrogen and oxygen atoms in total. The molecule has 11 heteroatoms. The predicted molar refractivity (Wildman–Crippen MR) is 98.9 cm³/mol. The maximum Gasteiger partial charge on any atom is 0.422 e. The molecule has 30 heavy (non-hydrogen) atoms. The molecule has 0 amide bonds. The number of alkyl halides is 4. The highest BCUT2D eigenvalue weighted by Gasteiger charge is 2.45. The molecule has 0 bridgehead atoms. The van der Waals surface area contributed by atoms with Crippen LogP contribution in [0.4, 0.5) is 33.3 Å². The maximum absolute atomic E-state index is 14.8. The first kappa shape index (κ1) is 21.8.